The minimum absolute atomic E-state index is 0.00796. The van der Waals surface area contributed by atoms with E-state index in [1.165, 1.54) is 31.1 Å². The summed E-state index contributed by atoms with van der Waals surface area (Å²) in [5.41, 5.74) is 7.78. The number of imide groups is 1. The number of carbonyl (C=O) groups excluding carboxylic acids is 2. The van der Waals surface area contributed by atoms with E-state index in [9.17, 15) is 19.5 Å². The summed E-state index contributed by atoms with van der Waals surface area (Å²) in [7, 11) is 1.94. The van der Waals surface area contributed by atoms with Gasteiger partial charge in [-0.05, 0) is 87.2 Å². The molecule has 4 saturated carbocycles. The molecule has 230 valence electrons. The minimum atomic E-state index is -1.23. The van der Waals surface area contributed by atoms with Crippen molar-refractivity contribution in [1.29, 1.82) is 0 Å². The first kappa shape index (κ1) is 29.4. The monoisotopic (exact) mass is 589 g/mol. The number of carbonyl (C=O) groups is 3. The zero-order chi connectivity index (χ0) is 30.6. The average Bonchev–Trinajstić information content (AvgIpc) is 3.46. The Hall–Kier alpha value is -3.66. The van der Waals surface area contributed by atoms with Gasteiger partial charge >= 0.3 is 12.0 Å². The molecule has 4 aliphatic carbocycles. The minimum Gasteiger partial charge on any atom is -0.476 e. The van der Waals surface area contributed by atoms with Gasteiger partial charge in [-0.1, -0.05) is 32.0 Å². The second-order valence-electron chi connectivity index (χ2n) is 13.8. The number of urea groups is 1. The van der Waals surface area contributed by atoms with Gasteiger partial charge in [0.15, 0.2) is 5.69 Å². The highest BCUT2D eigenvalue weighted by Crippen LogP contribution is 2.55. The molecule has 7 rings (SSSR count). The van der Waals surface area contributed by atoms with Crippen molar-refractivity contribution in [2.45, 2.75) is 89.8 Å². The Morgan fingerprint density at radius 3 is 2.35 bits per heavy atom. The maximum atomic E-state index is 14.5. The van der Waals surface area contributed by atoms with E-state index in [0.29, 0.717) is 24.2 Å². The molecule has 4 bridgehead atoms. The van der Waals surface area contributed by atoms with Gasteiger partial charge in [-0.25, -0.2) is 14.6 Å². The van der Waals surface area contributed by atoms with Crippen molar-refractivity contribution in [2.24, 2.45) is 36.5 Å². The number of carboxylic acids is 1. The third kappa shape index (κ3) is 5.57. The molecule has 2 aromatic heterocycles. The predicted octanol–water partition coefficient (Wildman–Crippen LogP) is 5.34. The number of aromatic nitrogens is 2. The van der Waals surface area contributed by atoms with Crippen LogP contribution in [0.3, 0.4) is 0 Å². The lowest BCUT2D eigenvalue weighted by molar-refractivity contribution is -0.132. The lowest BCUT2D eigenvalue weighted by Crippen LogP contribution is -2.63. The zero-order valence-corrected chi connectivity index (χ0v) is 25.5. The molecule has 2 atom stereocenters. The summed E-state index contributed by atoms with van der Waals surface area (Å²) in [5.74, 6) is 0.289. The summed E-state index contributed by atoms with van der Waals surface area (Å²) in [6, 6.07) is 5.47. The second kappa shape index (κ2) is 11.1. The molecule has 1 aromatic carbocycles. The summed E-state index contributed by atoms with van der Waals surface area (Å²) in [6.07, 6.45) is 8.96. The Morgan fingerprint density at radius 2 is 1.77 bits per heavy atom. The van der Waals surface area contributed by atoms with Crippen LogP contribution in [0.25, 0.3) is 10.9 Å². The highest BCUT2D eigenvalue weighted by molar-refractivity contribution is 5.98. The van der Waals surface area contributed by atoms with Crippen LogP contribution in [0.15, 0.2) is 34.9 Å². The van der Waals surface area contributed by atoms with Gasteiger partial charge in [0.2, 0.25) is 11.8 Å². The van der Waals surface area contributed by atoms with Gasteiger partial charge in [0, 0.05) is 36.1 Å². The van der Waals surface area contributed by atoms with Gasteiger partial charge in [0.05, 0.1) is 6.04 Å². The first-order chi connectivity index (χ1) is 20.4. The second-order valence-corrected chi connectivity index (χ2v) is 13.8. The Kier molecular flexibility index (Phi) is 7.61. The fourth-order valence-corrected chi connectivity index (χ4v) is 8.58. The molecule has 2 heterocycles. The molecular weight excluding hydrogens is 546 g/mol. The number of aryl methyl sites for hydroxylation is 2. The first-order valence-corrected chi connectivity index (χ1v) is 15.6. The molecule has 10 nitrogen and oxygen atoms in total. The third-order valence-electron chi connectivity index (χ3n) is 9.91. The molecule has 0 aliphatic heterocycles. The maximum absolute atomic E-state index is 14.5. The standard InChI is InChI=1S/C33H43N5O5/c1-18(2)9-25(34)30(39)38(32(42)36-33-14-20-10-21(15-33)12-22(11-20)16-33)27(29-35-28(31(40)41)19(3)43-29)13-23-17-37(4)26-8-6-5-7-24(23)26/h5-8,17-18,20-22,25,27H,9-16,34H2,1-4H3,(H,36,42)(H,40,41)/t20?,21?,22?,25-,27+,33?/m0/s1. The van der Waals surface area contributed by atoms with Gasteiger partial charge in [-0.2, -0.15) is 0 Å². The Bertz CT molecular complexity index is 1520. The summed E-state index contributed by atoms with van der Waals surface area (Å²) in [6.45, 7) is 5.50. The number of para-hydroxylation sites is 1. The van der Waals surface area contributed by atoms with E-state index in [1.807, 2.05) is 55.9 Å². The molecule has 10 heteroatoms. The van der Waals surface area contributed by atoms with E-state index in [4.69, 9.17) is 10.2 Å². The van der Waals surface area contributed by atoms with Gasteiger partial charge < -0.3 is 25.1 Å². The van der Waals surface area contributed by atoms with Crippen molar-refractivity contribution in [3.05, 3.63) is 53.4 Å². The van der Waals surface area contributed by atoms with E-state index in [0.717, 1.165) is 35.7 Å². The molecular formula is C33H43N5O5. The van der Waals surface area contributed by atoms with Gasteiger partial charge in [-0.3, -0.25) is 9.69 Å². The van der Waals surface area contributed by atoms with Gasteiger partial charge in [-0.15, -0.1) is 0 Å². The molecule has 4 N–H and O–H groups in total. The van der Waals surface area contributed by atoms with Crippen LogP contribution < -0.4 is 11.1 Å². The van der Waals surface area contributed by atoms with E-state index < -0.39 is 30.0 Å². The highest BCUT2D eigenvalue weighted by Gasteiger charge is 2.52. The number of nitrogens with one attached hydrogen (secondary N) is 1. The number of oxazole rings is 1. The van der Waals surface area contributed by atoms with Crippen molar-refractivity contribution >= 4 is 28.8 Å². The van der Waals surface area contributed by atoms with Crippen LogP contribution in [0.1, 0.15) is 92.5 Å². The molecule has 0 radical (unpaired) electrons. The van der Waals surface area contributed by atoms with E-state index in [2.05, 4.69) is 10.3 Å². The smallest absolute Gasteiger partial charge is 0.358 e. The van der Waals surface area contributed by atoms with E-state index >= 15 is 0 Å². The predicted molar refractivity (Wildman–Crippen MR) is 161 cm³/mol. The Morgan fingerprint density at radius 1 is 1.14 bits per heavy atom. The number of hydrogen-bond acceptors (Lipinski definition) is 6. The first-order valence-electron chi connectivity index (χ1n) is 15.6. The van der Waals surface area contributed by atoms with Crippen LogP contribution in [0.5, 0.6) is 0 Å². The lowest BCUT2D eigenvalue weighted by Gasteiger charge is -2.57. The van der Waals surface area contributed by atoms with E-state index in [-0.39, 0.29) is 35.2 Å². The molecule has 4 aliphatic rings. The van der Waals surface area contributed by atoms with Gasteiger partial charge in [0.25, 0.3) is 0 Å². The Labute approximate surface area is 252 Å². The lowest BCUT2D eigenvalue weighted by atomic mass is 9.53. The number of benzene rings is 1. The van der Waals surface area contributed by atoms with Crippen LogP contribution in [0.2, 0.25) is 0 Å². The zero-order valence-electron chi connectivity index (χ0n) is 25.5. The van der Waals surface area contributed by atoms with Crippen molar-refractivity contribution in [3.63, 3.8) is 0 Å². The molecule has 43 heavy (non-hydrogen) atoms. The van der Waals surface area contributed by atoms with Crippen molar-refractivity contribution < 1.29 is 23.9 Å². The summed E-state index contributed by atoms with van der Waals surface area (Å²) < 4.78 is 7.95. The number of nitrogens with zero attached hydrogens (tertiary/aromatic N) is 3. The van der Waals surface area contributed by atoms with E-state index in [1.54, 1.807) is 0 Å². The third-order valence-corrected chi connectivity index (χ3v) is 9.91. The molecule has 3 aromatic rings. The van der Waals surface area contributed by atoms with Crippen LogP contribution in [0, 0.1) is 30.6 Å². The number of fused-ring (bicyclic) bond motifs is 1. The fourth-order valence-electron chi connectivity index (χ4n) is 8.58. The van der Waals surface area contributed by atoms with Crippen LogP contribution >= 0.6 is 0 Å². The number of hydrogen-bond donors (Lipinski definition) is 3. The van der Waals surface area contributed by atoms with Crippen LogP contribution in [0.4, 0.5) is 4.79 Å². The number of amides is 3. The maximum Gasteiger partial charge on any atom is 0.358 e. The van der Waals surface area contributed by atoms with Crippen molar-refractivity contribution in [3.8, 4) is 0 Å². The molecule has 3 amide bonds. The quantitative estimate of drug-likeness (QED) is 0.306. The summed E-state index contributed by atoms with van der Waals surface area (Å²) >= 11 is 0. The number of carboxylic acid groups (broad SMARTS) is 1. The number of aromatic carboxylic acids is 1. The molecule has 0 unspecified atom stereocenters. The Balaban J connectivity index is 1.43. The largest absolute Gasteiger partial charge is 0.476 e. The molecule has 0 spiro atoms. The number of rotatable bonds is 9. The SMILES string of the molecule is Cc1oc([C@@H](Cc2cn(C)c3ccccc23)N(C(=O)NC23CC4CC(CC(C4)C2)C3)C(=O)[C@@H](N)CC(C)C)nc1C(=O)O. The topological polar surface area (TPSA) is 144 Å². The summed E-state index contributed by atoms with van der Waals surface area (Å²) in [4.78, 5) is 46.3. The molecule has 4 fully saturated rings. The highest BCUT2D eigenvalue weighted by atomic mass is 16.4. The van der Waals surface area contributed by atoms with Crippen molar-refractivity contribution in [1.82, 2.24) is 19.8 Å². The fraction of sp³-hybridized carbons (Fsp3) is 0.576. The van der Waals surface area contributed by atoms with Crippen LogP contribution in [-0.4, -0.2) is 49.0 Å². The number of nitrogens with two attached hydrogens (primary N) is 1. The molecule has 0 saturated heterocycles. The average molecular weight is 590 g/mol. The van der Waals surface area contributed by atoms with Crippen LogP contribution in [-0.2, 0) is 18.3 Å². The summed E-state index contributed by atoms with van der Waals surface area (Å²) in [5, 5.41) is 14.1. The van der Waals surface area contributed by atoms with Crippen molar-refractivity contribution in [2.75, 3.05) is 0 Å². The van der Waals surface area contributed by atoms with Gasteiger partial charge in [0.1, 0.15) is 11.8 Å². The normalized spacial score (nSPS) is 25.7.